The van der Waals surface area contributed by atoms with Gasteiger partial charge in [0.25, 0.3) is 0 Å². The summed E-state index contributed by atoms with van der Waals surface area (Å²) in [5, 5.41) is 2.62. The summed E-state index contributed by atoms with van der Waals surface area (Å²) in [6, 6.07) is -0.174. The smallest absolute Gasteiger partial charge is 0.224 e. The van der Waals surface area contributed by atoms with E-state index in [4.69, 9.17) is 11.5 Å². The Hall–Kier alpha value is -1.10. The zero-order valence-corrected chi connectivity index (χ0v) is 8.96. The molecule has 5 heteroatoms. The van der Waals surface area contributed by atoms with E-state index >= 15 is 0 Å². The second-order valence-corrected chi connectivity index (χ2v) is 4.21. The number of hydrogen-bond donors (Lipinski definition) is 3. The highest BCUT2D eigenvalue weighted by atomic mass is 16.2. The summed E-state index contributed by atoms with van der Waals surface area (Å²) < 4.78 is 0. The Morgan fingerprint density at radius 3 is 2.29 bits per heavy atom. The number of carbonyl (C=O) groups excluding carboxylic acids is 2. The fourth-order valence-corrected chi connectivity index (χ4v) is 0.771. The van der Waals surface area contributed by atoms with E-state index in [0.717, 1.165) is 0 Å². The SMILES string of the molecule is CC(N)CC(=O)NCC(C)(C)C(N)=O. The van der Waals surface area contributed by atoms with Crippen molar-refractivity contribution < 1.29 is 9.59 Å². The Labute approximate surface area is 84.2 Å². The first-order valence-corrected chi connectivity index (χ1v) is 4.58. The van der Waals surface area contributed by atoms with Gasteiger partial charge in [0.2, 0.25) is 11.8 Å². The van der Waals surface area contributed by atoms with Crippen LogP contribution in [0.1, 0.15) is 27.2 Å². The molecule has 0 aromatic heterocycles. The van der Waals surface area contributed by atoms with Gasteiger partial charge < -0.3 is 16.8 Å². The summed E-state index contributed by atoms with van der Waals surface area (Å²) in [4.78, 5) is 22.1. The van der Waals surface area contributed by atoms with Crippen molar-refractivity contribution >= 4 is 11.8 Å². The third-order valence-corrected chi connectivity index (χ3v) is 1.90. The average molecular weight is 201 g/mol. The first kappa shape index (κ1) is 12.9. The van der Waals surface area contributed by atoms with Crippen LogP contribution in [0, 0.1) is 5.41 Å². The van der Waals surface area contributed by atoms with Crippen LogP contribution in [0.3, 0.4) is 0 Å². The van der Waals surface area contributed by atoms with E-state index in [0.29, 0.717) is 0 Å². The number of primary amides is 1. The quantitative estimate of drug-likeness (QED) is 0.551. The van der Waals surface area contributed by atoms with Crippen LogP contribution in [0.2, 0.25) is 0 Å². The molecule has 2 amide bonds. The van der Waals surface area contributed by atoms with Gasteiger partial charge in [-0.25, -0.2) is 0 Å². The first-order valence-electron chi connectivity index (χ1n) is 4.58. The molecule has 1 unspecified atom stereocenters. The van der Waals surface area contributed by atoms with Crippen molar-refractivity contribution in [1.82, 2.24) is 5.32 Å². The second kappa shape index (κ2) is 4.95. The van der Waals surface area contributed by atoms with Gasteiger partial charge in [0.05, 0.1) is 5.41 Å². The van der Waals surface area contributed by atoms with Crippen molar-refractivity contribution in [2.75, 3.05) is 6.54 Å². The molecule has 0 rings (SSSR count). The zero-order chi connectivity index (χ0) is 11.4. The molecule has 0 bridgehead atoms. The van der Waals surface area contributed by atoms with Crippen molar-refractivity contribution in [1.29, 1.82) is 0 Å². The molecule has 0 spiro atoms. The summed E-state index contributed by atoms with van der Waals surface area (Å²) in [5.74, 6) is -0.590. The predicted octanol–water partition coefficient (Wildman–Crippen LogP) is -0.649. The zero-order valence-electron chi connectivity index (χ0n) is 8.96. The fraction of sp³-hybridized carbons (Fsp3) is 0.778. The van der Waals surface area contributed by atoms with Crippen molar-refractivity contribution in [3.05, 3.63) is 0 Å². The van der Waals surface area contributed by atoms with Gasteiger partial charge in [0, 0.05) is 19.0 Å². The number of hydrogen-bond acceptors (Lipinski definition) is 3. The van der Waals surface area contributed by atoms with Gasteiger partial charge in [0.1, 0.15) is 0 Å². The van der Waals surface area contributed by atoms with E-state index < -0.39 is 11.3 Å². The molecular weight excluding hydrogens is 182 g/mol. The summed E-state index contributed by atoms with van der Waals surface area (Å²) >= 11 is 0. The Balaban J connectivity index is 3.94. The first-order chi connectivity index (χ1) is 6.25. The fourth-order valence-electron chi connectivity index (χ4n) is 0.771. The van der Waals surface area contributed by atoms with Crippen LogP contribution in [-0.2, 0) is 9.59 Å². The normalized spacial score (nSPS) is 13.4. The van der Waals surface area contributed by atoms with Gasteiger partial charge in [-0.05, 0) is 20.8 Å². The summed E-state index contributed by atoms with van der Waals surface area (Å²) in [5.41, 5.74) is 9.87. The van der Waals surface area contributed by atoms with Crippen molar-refractivity contribution in [2.45, 2.75) is 33.2 Å². The number of rotatable bonds is 5. The molecule has 14 heavy (non-hydrogen) atoms. The number of nitrogens with two attached hydrogens (primary N) is 2. The lowest BCUT2D eigenvalue weighted by Gasteiger charge is -2.20. The number of amides is 2. The molecule has 0 aromatic rings. The van der Waals surface area contributed by atoms with Crippen LogP contribution in [-0.4, -0.2) is 24.4 Å². The van der Waals surface area contributed by atoms with Crippen LogP contribution in [0.15, 0.2) is 0 Å². The van der Waals surface area contributed by atoms with Gasteiger partial charge in [-0.3, -0.25) is 9.59 Å². The minimum Gasteiger partial charge on any atom is -0.369 e. The maximum atomic E-state index is 11.2. The van der Waals surface area contributed by atoms with Gasteiger partial charge in [0.15, 0.2) is 0 Å². The van der Waals surface area contributed by atoms with E-state index in [1.807, 2.05) is 0 Å². The molecule has 0 heterocycles. The standard InChI is InChI=1S/C9H19N3O2/c1-6(10)4-7(13)12-5-9(2,3)8(11)14/h6H,4-5,10H2,1-3H3,(H2,11,14)(H,12,13). The molecule has 5 N–H and O–H groups in total. The molecule has 0 radical (unpaired) electrons. The summed E-state index contributed by atoms with van der Waals surface area (Å²) in [6.07, 6.45) is 0.259. The molecule has 0 fully saturated rings. The minimum absolute atomic E-state index is 0.158. The van der Waals surface area contributed by atoms with Crippen LogP contribution in [0.25, 0.3) is 0 Å². The molecular formula is C9H19N3O2. The molecule has 0 saturated carbocycles. The van der Waals surface area contributed by atoms with E-state index in [2.05, 4.69) is 5.32 Å². The summed E-state index contributed by atoms with van der Waals surface area (Å²) in [6.45, 7) is 5.36. The van der Waals surface area contributed by atoms with Crippen molar-refractivity contribution in [3.8, 4) is 0 Å². The molecule has 82 valence electrons. The van der Waals surface area contributed by atoms with Gasteiger partial charge >= 0.3 is 0 Å². The van der Waals surface area contributed by atoms with Crippen LogP contribution in [0.5, 0.6) is 0 Å². The van der Waals surface area contributed by atoms with Crippen LogP contribution >= 0.6 is 0 Å². The lowest BCUT2D eigenvalue weighted by molar-refractivity contribution is -0.127. The molecule has 0 aliphatic heterocycles. The van der Waals surface area contributed by atoms with E-state index in [1.165, 1.54) is 0 Å². The number of nitrogens with one attached hydrogen (secondary N) is 1. The van der Waals surface area contributed by atoms with Gasteiger partial charge in [-0.15, -0.1) is 0 Å². The molecule has 0 saturated heterocycles. The lowest BCUT2D eigenvalue weighted by Crippen LogP contribution is -2.43. The van der Waals surface area contributed by atoms with E-state index in [9.17, 15) is 9.59 Å². The third kappa shape index (κ3) is 4.81. The Morgan fingerprint density at radius 2 is 1.93 bits per heavy atom. The molecule has 0 aromatic carbocycles. The predicted molar refractivity (Wildman–Crippen MR) is 54.3 cm³/mol. The van der Waals surface area contributed by atoms with E-state index in [1.54, 1.807) is 20.8 Å². The van der Waals surface area contributed by atoms with Gasteiger partial charge in [-0.1, -0.05) is 0 Å². The van der Waals surface area contributed by atoms with E-state index in [-0.39, 0.29) is 24.9 Å². The largest absolute Gasteiger partial charge is 0.369 e. The highest BCUT2D eigenvalue weighted by Gasteiger charge is 2.25. The number of carbonyl (C=O) groups is 2. The molecule has 5 nitrogen and oxygen atoms in total. The molecule has 1 atom stereocenters. The van der Waals surface area contributed by atoms with Crippen molar-refractivity contribution in [3.63, 3.8) is 0 Å². The van der Waals surface area contributed by atoms with Gasteiger partial charge in [-0.2, -0.15) is 0 Å². The maximum Gasteiger partial charge on any atom is 0.224 e. The molecule has 0 aliphatic rings. The second-order valence-electron chi connectivity index (χ2n) is 4.21. The Morgan fingerprint density at radius 1 is 1.43 bits per heavy atom. The monoisotopic (exact) mass is 201 g/mol. The highest BCUT2D eigenvalue weighted by Crippen LogP contribution is 2.11. The maximum absolute atomic E-state index is 11.2. The highest BCUT2D eigenvalue weighted by molar-refractivity contribution is 5.82. The Kier molecular flexibility index (Phi) is 4.56. The lowest BCUT2D eigenvalue weighted by atomic mass is 9.93. The molecule has 0 aliphatic carbocycles. The van der Waals surface area contributed by atoms with Crippen molar-refractivity contribution in [2.24, 2.45) is 16.9 Å². The summed E-state index contributed by atoms with van der Waals surface area (Å²) in [7, 11) is 0. The third-order valence-electron chi connectivity index (χ3n) is 1.90. The average Bonchev–Trinajstić information content (AvgIpc) is 1.99. The van der Waals surface area contributed by atoms with Crippen LogP contribution in [0.4, 0.5) is 0 Å². The van der Waals surface area contributed by atoms with Crippen LogP contribution < -0.4 is 16.8 Å². The minimum atomic E-state index is -0.715. The topological polar surface area (TPSA) is 98.2 Å². The Bertz CT molecular complexity index is 224.